The van der Waals surface area contributed by atoms with Crippen LogP contribution in [0.4, 0.5) is 0 Å². The summed E-state index contributed by atoms with van der Waals surface area (Å²) in [7, 11) is 0. The molecule has 0 aliphatic carbocycles. The van der Waals surface area contributed by atoms with Gasteiger partial charge >= 0.3 is 21.8 Å². The van der Waals surface area contributed by atoms with Crippen LogP contribution in [0.15, 0.2) is 0 Å². The first-order chi connectivity index (χ1) is 2.00. The summed E-state index contributed by atoms with van der Waals surface area (Å²) in [6.07, 6.45) is 0. The van der Waals surface area contributed by atoms with Gasteiger partial charge in [-0.05, 0) is 0 Å². The Bertz CT molecular complexity index is 6.00. The van der Waals surface area contributed by atoms with Gasteiger partial charge in [0.25, 0.3) is 0 Å². The zero-order valence-corrected chi connectivity index (χ0v) is 5.79. The van der Waals surface area contributed by atoms with E-state index in [1.165, 1.54) is 0 Å². The van der Waals surface area contributed by atoms with Gasteiger partial charge in [0.15, 0.2) is 0 Å². The molecule has 2 heteroatoms. The molecule has 22 valence electrons. The predicted molar refractivity (Wildman–Crippen MR) is 11.7 cm³/mol. The molecule has 0 fully saturated rings. The van der Waals surface area contributed by atoms with Gasteiger partial charge in [0.1, 0.15) is 0 Å². The SMILES string of the molecule is [CH2-]C.[O]=[Zn]. The van der Waals surface area contributed by atoms with Gasteiger partial charge in [-0.1, -0.05) is 0 Å². The Morgan fingerprint density at radius 2 is 1.50 bits per heavy atom. The molecule has 0 aliphatic rings. The number of hydrogen-bond acceptors (Lipinski definition) is 1. The third kappa shape index (κ3) is 27.4. The van der Waals surface area contributed by atoms with E-state index < -0.39 is 0 Å². The van der Waals surface area contributed by atoms with Crippen molar-refractivity contribution >= 4 is 0 Å². The number of rotatable bonds is 0. The van der Waals surface area contributed by atoms with Crippen LogP contribution in [0.3, 0.4) is 0 Å². The summed E-state index contributed by atoms with van der Waals surface area (Å²) in [4.78, 5) is 0. The zero-order chi connectivity index (χ0) is 4.00. The normalized spacial score (nSPS) is 3.00. The molecule has 0 aromatic rings. The summed E-state index contributed by atoms with van der Waals surface area (Å²) in [5.74, 6) is 0. The minimum absolute atomic E-state index is 0.125. The quantitative estimate of drug-likeness (QED) is 0.332. The topological polar surface area (TPSA) is 17.1 Å². The van der Waals surface area contributed by atoms with Crippen LogP contribution in [0.2, 0.25) is 0 Å². The molecule has 0 aromatic heterocycles. The maximum atomic E-state index is 8.38. The van der Waals surface area contributed by atoms with E-state index >= 15 is 0 Å². The van der Waals surface area contributed by atoms with Gasteiger partial charge in [0.05, 0.1) is 0 Å². The van der Waals surface area contributed by atoms with Crippen molar-refractivity contribution in [1.82, 2.24) is 0 Å². The van der Waals surface area contributed by atoms with Crippen molar-refractivity contribution in [2.24, 2.45) is 0 Å². The summed E-state index contributed by atoms with van der Waals surface area (Å²) in [5, 5.41) is 0. The van der Waals surface area contributed by atoms with E-state index in [-0.39, 0.29) is 18.3 Å². The van der Waals surface area contributed by atoms with E-state index in [4.69, 9.17) is 3.57 Å². The summed E-state index contributed by atoms with van der Waals surface area (Å²) in [5.41, 5.74) is 0. The van der Waals surface area contributed by atoms with Crippen LogP contribution in [0.1, 0.15) is 6.92 Å². The van der Waals surface area contributed by atoms with Gasteiger partial charge in [0.2, 0.25) is 0 Å². The molecule has 0 spiro atoms. The molecule has 0 bridgehead atoms. The van der Waals surface area contributed by atoms with Gasteiger partial charge in [-0.2, -0.15) is 6.92 Å². The molecule has 0 atom stereocenters. The number of hydrogen-bond donors (Lipinski definition) is 0. The van der Waals surface area contributed by atoms with E-state index in [1.807, 2.05) is 0 Å². The zero-order valence-electron chi connectivity index (χ0n) is 2.82. The fraction of sp³-hybridized carbons (Fsp3) is 0.500. The Hall–Kier alpha value is 0.423. The second-order valence-electron chi connectivity index (χ2n) is 0. The molecule has 0 aromatic carbocycles. The molecule has 0 heterocycles. The van der Waals surface area contributed by atoms with Gasteiger partial charge < -0.3 is 6.92 Å². The van der Waals surface area contributed by atoms with Crippen molar-refractivity contribution in [3.8, 4) is 0 Å². The maximum absolute atomic E-state index is 8.38. The van der Waals surface area contributed by atoms with Crippen LogP contribution in [0, 0.1) is 6.92 Å². The predicted octanol–water partition coefficient (Wildman–Crippen LogP) is 0.719. The summed E-state index contributed by atoms with van der Waals surface area (Å²) in [6.45, 7) is 5.00. The molecular weight excluding hydrogens is 105 g/mol. The first-order valence-electron chi connectivity index (χ1n) is 0.996. The molecule has 1 nitrogen and oxygen atoms in total. The van der Waals surface area contributed by atoms with E-state index in [2.05, 4.69) is 6.92 Å². The monoisotopic (exact) mass is 109 g/mol. The van der Waals surface area contributed by atoms with Crippen molar-refractivity contribution in [2.45, 2.75) is 6.92 Å². The van der Waals surface area contributed by atoms with E-state index in [0.717, 1.165) is 0 Å². The van der Waals surface area contributed by atoms with E-state index in [9.17, 15) is 0 Å². The van der Waals surface area contributed by atoms with Gasteiger partial charge in [-0.15, -0.1) is 0 Å². The molecular formula is C2H5OZn-. The molecule has 0 rings (SSSR count). The van der Waals surface area contributed by atoms with Gasteiger partial charge in [0, 0.05) is 0 Å². The standard InChI is InChI=1S/C2H5.O.Zn/c1-2;;/h1H2,2H3;;/q-1;;. The van der Waals surface area contributed by atoms with Crippen molar-refractivity contribution in [1.29, 1.82) is 0 Å². The summed E-state index contributed by atoms with van der Waals surface area (Å²) < 4.78 is 8.38. The second-order valence-corrected chi connectivity index (χ2v) is 0. The van der Waals surface area contributed by atoms with E-state index in [1.54, 1.807) is 6.92 Å². The Balaban J connectivity index is 0. The Morgan fingerprint density at radius 3 is 1.50 bits per heavy atom. The van der Waals surface area contributed by atoms with Crippen LogP contribution in [0.5, 0.6) is 0 Å². The fourth-order valence-corrected chi connectivity index (χ4v) is 0. The Kier molecular flexibility index (Phi) is 248. The van der Waals surface area contributed by atoms with Crippen LogP contribution in [0.25, 0.3) is 0 Å². The van der Waals surface area contributed by atoms with Crippen LogP contribution in [-0.4, -0.2) is 0 Å². The molecule has 0 saturated carbocycles. The molecule has 0 radical (unpaired) electrons. The first-order valence-corrected chi connectivity index (χ1v) is 2.21. The third-order valence-electron chi connectivity index (χ3n) is 0. The average Bonchev–Trinajstić information content (AvgIpc) is 1.50. The fourth-order valence-electron chi connectivity index (χ4n) is 0. The summed E-state index contributed by atoms with van der Waals surface area (Å²) >= 11 is 0.125. The molecule has 0 unspecified atom stereocenters. The van der Waals surface area contributed by atoms with Gasteiger partial charge in [-0.25, -0.2) is 0 Å². The second kappa shape index (κ2) is 112. The molecule has 0 amide bonds. The first kappa shape index (κ1) is 8.83. The molecule has 0 saturated heterocycles. The molecule has 0 N–H and O–H groups in total. The van der Waals surface area contributed by atoms with Crippen molar-refractivity contribution in [3.05, 3.63) is 6.92 Å². The van der Waals surface area contributed by atoms with Crippen LogP contribution in [-0.2, 0) is 21.8 Å². The van der Waals surface area contributed by atoms with Crippen molar-refractivity contribution in [3.63, 3.8) is 0 Å². The van der Waals surface area contributed by atoms with E-state index in [0.29, 0.717) is 0 Å². The van der Waals surface area contributed by atoms with Gasteiger partial charge in [-0.3, -0.25) is 0 Å². The van der Waals surface area contributed by atoms with Crippen molar-refractivity contribution in [2.75, 3.05) is 0 Å². The third-order valence-corrected chi connectivity index (χ3v) is 0. The molecule has 0 aliphatic heterocycles. The summed E-state index contributed by atoms with van der Waals surface area (Å²) in [6, 6.07) is 0. The Morgan fingerprint density at radius 1 is 1.50 bits per heavy atom. The van der Waals surface area contributed by atoms with Crippen LogP contribution >= 0.6 is 0 Å². The average molecular weight is 110 g/mol. The van der Waals surface area contributed by atoms with Crippen molar-refractivity contribution < 1.29 is 21.8 Å². The molecule has 4 heavy (non-hydrogen) atoms. The Labute approximate surface area is 36.3 Å². The minimum atomic E-state index is 0.125. The van der Waals surface area contributed by atoms with Crippen LogP contribution < -0.4 is 0 Å².